The first kappa shape index (κ1) is 19.8. The lowest BCUT2D eigenvalue weighted by atomic mass is 10.2. The zero-order valence-corrected chi connectivity index (χ0v) is 17.3. The van der Waals surface area contributed by atoms with Crippen molar-refractivity contribution in [3.8, 4) is 5.75 Å². The number of methoxy groups -OCH3 is 1. The molecule has 1 aromatic heterocycles. The Balaban J connectivity index is 1.94. The molecule has 0 aliphatic rings. The first-order valence-corrected chi connectivity index (χ1v) is 9.34. The zero-order chi connectivity index (χ0) is 20.1. The van der Waals surface area contributed by atoms with Gasteiger partial charge < -0.3 is 15.2 Å². The number of aromatic carboxylic acids is 1. The second kappa shape index (κ2) is 8.85. The van der Waals surface area contributed by atoms with Crippen molar-refractivity contribution in [1.29, 1.82) is 0 Å². The van der Waals surface area contributed by atoms with E-state index in [1.807, 2.05) is 29.3 Å². The first-order valence-electron chi connectivity index (χ1n) is 8.26. The Morgan fingerprint density at radius 3 is 2.71 bits per heavy atom. The van der Waals surface area contributed by atoms with Gasteiger partial charge in [-0.15, -0.1) is 0 Å². The highest BCUT2D eigenvalue weighted by Gasteiger charge is 2.15. The van der Waals surface area contributed by atoms with E-state index in [2.05, 4.69) is 43.3 Å². The fourth-order valence-corrected chi connectivity index (χ4v) is 3.04. The van der Waals surface area contributed by atoms with Crippen LogP contribution in [-0.4, -0.2) is 35.2 Å². The molecule has 3 aromatic rings. The summed E-state index contributed by atoms with van der Waals surface area (Å²) in [6, 6.07) is 14.0. The van der Waals surface area contributed by atoms with Gasteiger partial charge in [0.15, 0.2) is 5.82 Å². The summed E-state index contributed by atoms with van der Waals surface area (Å²) < 4.78 is 6.13. The fourth-order valence-electron chi connectivity index (χ4n) is 2.54. The van der Waals surface area contributed by atoms with Gasteiger partial charge in [-0.25, -0.2) is 15.2 Å². The van der Waals surface area contributed by atoms with E-state index >= 15 is 0 Å². The van der Waals surface area contributed by atoms with Gasteiger partial charge in [-0.3, -0.25) is 5.01 Å². The summed E-state index contributed by atoms with van der Waals surface area (Å²) in [6.07, 6.45) is 1.69. The largest absolute Gasteiger partial charge is 0.497 e. The van der Waals surface area contributed by atoms with Gasteiger partial charge in [-0.1, -0.05) is 12.1 Å². The molecule has 0 radical (unpaired) electrons. The van der Waals surface area contributed by atoms with Crippen LogP contribution in [0.2, 0.25) is 0 Å². The number of benzene rings is 2. The van der Waals surface area contributed by atoms with Crippen LogP contribution in [0.1, 0.15) is 10.4 Å². The van der Waals surface area contributed by atoms with Gasteiger partial charge in [0.05, 0.1) is 21.9 Å². The van der Waals surface area contributed by atoms with E-state index in [1.54, 1.807) is 32.5 Å². The lowest BCUT2D eigenvalue weighted by Crippen LogP contribution is -2.31. The number of nitrogens with zero attached hydrogens (tertiary/aromatic N) is 3. The smallest absolute Gasteiger partial charge is 0.335 e. The Bertz CT molecular complexity index is 999. The number of carbonyl (C=O) groups is 1. The van der Waals surface area contributed by atoms with E-state index in [0.29, 0.717) is 17.5 Å². The third kappa shape index (κ3) is 4.49. The molecule has 9 heteroatoms. The van der Waals surface area contributed by atoms with Crippen LogP contribution < -0.4 is 20.5 Å². The topological polar surface area (TPSA) is 99.6 Å². The fraction of sp³-hybridized carbons (Fsp3) is 0.105. The standard InChI is InChI=1S/C19H18IN5O3/c1-21-25(14-7-4-8-15(10-14)28-2)17-16(20)11-22-19(24-17)23-13-6-3-5-12(9-13)18(26)27/h3-11,21H,1-2H3,(H,26,27)(H,22,23,24). The molecule has 0 unspecified atom stereocenters. The van der Waals surface area contributed by atoms with Gasteiger partial charge in [0.1, 0.15) is 5.75 Å². The van der Waals surface area contributed by atoms with Gasteiger partial charge in [0.2, 0.25) is 5.95 Å². The average molecular weight is 491 g/mol. The molecule has 2 aromatic carbocycles. The summed E-state index contributed by atoms with van der Waals surface area (Å²) in [5.41, 5.74) is 4.74. The van der Waals surface area contributed by atoms with Gasteiger partial charge >= 0.3 is 5.97 Å². The Hall–Kier alpha value is -2.92. The number of halogens is 1. The van der Waals surface area contributed by atoms with Crippen LogP contribution in [-0.2, 0) is 0 Å². The summed E-state index contributed by atoms with van der Waals surface area (Å²) in [4.78, 5) is 20.0. The highest BCUT2D eigenvalue weighted by atomic mass is 127. The van der Waals surface area contributed by atoms with Crippen molar-refractivity contribution < 1.29 is 14.6 Å². The number of aromatic nitrogens is 2. The van der Waals surface area contributed by atoms with Crippen LogP contribution in [0.5, 0.6) is 5.75 Å². The Morgan fingerprint density at radius 1 is 1.21 bits per heavy atom. The minimum absolute atomic E-state index is 0.184. The van der Waals surface area contributed by atoms with Crippen molar-refractivity contribution in [1.82, 2.24) is 15.4 Å². The Labute approximate surface area is 175 Å². The van der Waals surface area contributed by atoms with Crippen molar-refractivity contribution >= 4 is 51.7 Å². The van der Waals surface area contributed by atoms with Crippen LogP contribution in [0, 0.1) is 3.57 Å². The second-order valence-corrected chi connectivity index (χ2v) is 6.80. The third-order valence-corrected chi connectivity index (χ3v) is 4.60. The van der Waals surface area contributed by atoms with Crippen LogP contribution >= 0.6 is 22.6 Å². The predicted molar refractivity (Wildman–Crippen MR) is 116 cm³/mol. The average Bonchev–Trinajstić information content (AvgIpc) is 2.71. The number of carboxylic acid groups (broad SMARTS) is 1. The molecule has 0 amide bonds. The summed E-state index contributed by atoms with van der Waals surface area (Å²) >= 11 is 2.16. The molecule has 8 nitrogen and oxygen atoms in total. The summed E-state index contributed by atoms with van der Waals surface area (Å²) in [6.45, 7) is 0. The van der Waals surface area contributed by atoms with Crippen LogP contribution in [0.15, 0.2) is 54.7 Å². The van der Waals surface area contributed by atoms with Crippen molar-refractivity contribution in [2.24, 2.45) is 0 Å². The number of hydrogen-bond donors (Lipinski definition) is 3. The molecule has 0 saturated heterocycles. The van der Waals surface area contributed by atoms with E-state index in [1.165, 1.54) is 12.1 Å². The summed E-state index contributed by atoms with van der Waals surface area (Å²) in [5, 5.41) is 14.0. The number of hydrogen-bond acceptors (Lipinski definition) is 7. The second-order valence-electron chi connectivity index (χ2n) is 5.64. The number of hydrazine groups is 1. The number of anilines is 4. The zero-order valence-electron chi connectivity index (χ0n) is 15.2. The first-order chi connectivity index (χ1) is 13.5. The van der Waals surface area contributed by atoms with Gasteiger partial charge in [0, 0.05) is 25.0 Å². The summed E-state index contributed by atoms with van der Waals surface area (Å²) in [7, 11) is 3.41. The lowest BCUT2D eigenvalue weighted by molar-refractivity contribution is 0.0697. The van der Waals surface area contributed by atoms with E-state index in [4.69, 9.17) is 9.84 Å². The monoisotopic (exact) mass is 491 g/mol. The Kier molecular flexibility index (Phi) is 6.26. The molecule has 3 rings (SSSR count). The maximum Gasteiger partial charge on any atom is 0.335 e. The molecule has 3 N–H and O–H groups in total. The van der Waals surface area contributed by atoms with Crippen molar-refractivity contribution in [3.63, 3.8) is 0 Å². The van der Waals surface area contributed by atoms with E-state index in [9.17, 15) is 4.79 Å². The lowest BCUT2D eigenvalue weighted by Gasteiger charge is -2.24. The number of ether oxygens (including phenoxy) is 1. The molecule has 1 heterocycles. The number of rotatable bonds is 7. The van der Waals surface area contributed by atoms with Gasteiger partial charge in [-0.05, 0) is 52.9 Å². The summed E-state index contributed by atoms with van der Waals surface area (Å²) in [5.74, 6) is 0.724. The van der Waals surface area contributed by atoms with E-state index in [-0.39, 0.29) is 5.56 Å². The minimum Gasteiger partial charge on any atom is -0.497 e. The number of carboxylic acids is 1. The van der Waals surface area contributed by atoms with Crippen LogP contribution in [0.4, 0.5) is 23.1 Å². The van der Waals surface area contributed by atoms with Crippen LogP contribution in [0.25, 0.3) is 0 Å². The maximum atomic E-state index is 11.2. The van der Waals surface area contributed by atoms with Gasteiger partial charge in [0.25, 0.3) is 0 Å². The minimum atomic E-state index is -0.993. The molecule has 144 valence electrons. The molecular weight excluding hydrogens is 473 g/mol. The molecule has 0 spiro atoms. The molecule has 0 fully saturated rings. The van der Waals surface area contributed by atoms with Crippen molar-refractivity contribution in [2.45, 2.75) is 0 Å². The Morgan fingerprint density at radius 2 is 2.00 bits per heavy atom. The molecule has 0 aliphatic carbocycles. The molecule has 28 heavy (non-hydrogen) atoms. The molecule has 0 bridgehead atoms. The normalized spacial score (nSPS) is 10.4. The molecule has 0 atom stereocenters. The van der Waals surface area contributed by atoms with Crippen molar-refractivity contribution in [3.05, 3.63) is 63.9 Å². The molecule has 0 saturated carbocycles. The van der Waals surface area contributed by atoms with E-state index < -0.39 is 5.97 Å². The molecular formula is C19H18IN5O3. The van der Waals surface area contributed by atoms with Crippen molar-refractivity contribution in [2.75, 3.05) is 24.5 Å². The number of nitrogens with one attached hydrogen (secondary N) is 2. The maximum absolute atomic E-state index is 11.2. The SMILES string of the molecule is CNN(c1cccc(OC)c1)c1nc(Nc2cccc(C(=O)O)c2)ncc1I. The quantitative estimate of drug-likeness (QED) is 0.339. The predicted octanol–water partition coefficient (Wildman–Crippen LogP) is 3.80. The van der Waals surface area contributed by atoms with Crippen LogP contribution in [0.3, 0.4) is 0 Å². The van der Waals surface area contributed by atoms with E-state index in [0.717, 1.165) is 15.0 Å². The van der Waals surface area contributed by atoms with Gasteiger partial charge in [-0.2, -0.15) is 4.98 Å². The highest BCUT2D eigenvalue weighted by molar-refractivity contribution is 14.1. The molecule has 0 aliphatic heterocycles. The highest BCUT2D eigenvalue weighted by Crippen LogP contribution is 2.29. The third-order valence-electron chi connectivity index (χ3n) is 3.84.